The number of nitrogens with one attached hydrogen (secondary N) is 1. The summed E-state index contributed by atoms with van der Waals surface area (Å²) in [6, 6.07) is 0. The maximum absolute atomic E-state index is 5.51. The minimum absolute atomic E-state index is 0.0417. The fourth-order valence-electron chi connectivity index (χ4n) is 2.19. The second kappa shape index (κ2) is 2.03. The lowest BCUT2D eigenvalue weighted by molar-refractivity contribution is -0.152. The molecule has 1 fully saturated rings. The van der Waals surface area contributed by atoms with Crippen molar-refractivity contribution in [1.29, 1.82) is 0 Å². The van der Waals surface area contributed by atoms with Crippen LogP contribution in [0.5, 0.6) is 0 Å². The SMILES string of the molecule is CC1(C)NC(C)(C)N2OCC=C21. The van der Waals surface area contributed by atoms with Crippen LogP contribution in [0.1, 0.15) is 27.7 Å². The van der Waals surface area contributed by atoms with Crippen molar-refractivity contribution in [3.8, 4) is 0 Å². The number of nitrogens with zero attached hydrogens (tertiary/aromatic N) is 1. The van der Waals surface area contributed by atoms with Gasteiger partial charge in [0.15, 0.2) is 0 Å². The summed E-state index contributed by atoms with van der Waals surface area (Å²) in [5, 5.41) is 5.48. The molecule has 0 aliphatic carbocycles. The van der Waals surface area contributed by atoms with Crippen LogP contribution in [0.2, 0.25) is 0 Å². The third-order valence-corrected chi connectivity index (χ3v) is 2.47. The van der Waals surface area contributed by atoms with E-state index < -0.39 is 0 Å². The standard InChI is InChI=1S/C9H16N2O/c1-8(2)7-5-6-12-11(7)9(3,4)10-8/h5,10H,6H2,1-4H3. The molecule has 0 aromatic rings. The lowest BCUT2D eigenvalue weighted by Crippen LogP contribution is -2.48. The number of hydrogen-bond acceptors (Lipinski definition) is 3. The van der Waals surface area contributed by atoms with Crippen LogP contribution >= 0.6 is 0 Å². The highest BCUT2D eigenvalue weighted by Gasteiger charge is 2.48. The molecule has 2 aliphatic heterocycles. The normalized spacial score (nSPS) is 30.3. The van der Waals surface area contributed by atoms with Gasteiger partial charge in [-0.15, -0.1) is 0 Å². The molecule has 2 aliphatic rings. The predicted octanol–water partition coefficient (Wildman–Crippen LogP) is 1.24. The zero-order valence-corrected chi connectivity index (χ0v) is 8.14. The first-order valence-corrected chi connectivity index (χ1v) is 4.37. The smallest absolute Gasteiger partial charge is 0.112 e. The number of hydrogen-bond donors (Lipinski definition) is 1. The highest BCUT2D eigenvalue weighted by molar-refractivity contribution is 5.25. The lowest BCUT2D eigenvalue weighted by Gasteiger charge is -2.29. The summed E-state index contributed by atoms with van der Waals surface area (Å²) in [6.45, 7) is 9.32. The summed E-state index contributed by atoms with van der Waals surface area (Å²) >= 11 is 0. The van der Waals surface area contributed by atoms with Crippen molar-refractivity contribution in [2.24, 2.45) is 0 Å². The quantitative estimate of drug-likeness (QED) is 0.589. The highest BCUT2D eigenvalue weighted by Crippen LogP contribution is 2.38. The van der Waals surface area contributed by atoms with Crippen molar-refractivity contribution in [2.75, 3.05) is 6.61 Å². The number of fused-ring (bicyclic) bond motifs is 1. The van der Waals surface area contributed by atoms with Crippen molar-refractivity contribution in [3.05, 3.63) is 11.8 Å². The largest absolute Gasteiger partial charge is 0.283 e. The monoisotopic (exact) mass is 168 g/mol. The van der Waals surface area contributed by atoms with Gasteiger partial charge in [-0.2, -0.15) is 0 Å². The molecule has 0 bridgehead atoms. The topological polar surface area (TPSA) is 24.5 Å². The van der Waals surface area contributed by atoms with E-state index in [4.69, 9.17) is 4.84 Å². The van der Waals surface area contributed by atoms with E-state index in [0.29, 0.717) is 6.61 Å². The van der Waals surface area contributed by atoms with Crippen LogP contribution in [0.15, 0.2) is 11.8 Å². The Hall–Kier alpha value is -0.540. The maximum Gasteiger partial charge on any atom is 0.112 e. The first-order valence-electron chi connectivity index (χ1n) is 4.37. The summed E-state index contributed by atoms with van der Waals surface area (Å²) < 4.78 is 0. The van der Waals surface area contributed by atoms with Crippen molar-refractivity contribution >= 4 is 0 Å². The molecule has 3 nitrogen and oxygen atoms in total. The van der Waals surface area contributed by atoms with Crippen LogP contribution in [0, 0.1) is 0 Å². The van der Waals surface area contributed by atoms with Crippen LogP contribution in [0.4, 0.5) is 0 Å². The van der Waals surface area contributed by atoms with E-state index in [9.17, 15) is 0 Å². The van der Waals surface area contributed by atoms with Crippen LogP contribution in [-0.2, 0) is 4.84 Å². The molecular formula is C9H16N2O. The summed E-state index contributed by atoms with van der Waals surface area (Å²) in [5.41, 5.74) is 1.22. The van der Waals surface area contributed by atoms with Gasteiger partial charge in [-0.1, -0.05) is 0 Å². The van der Waals surface area contributed by atoms with E-state index in [0.717, 1.165) is 0 Å². The third kappa shape index (κ3) is 0.898. The van der Waals surface area contributed by atoms with E-state index in [1.165, 1.54) is 5.70 Å². The molecule has 1 N–H and O–H groups in total. The summed E-state index contributed by atoms with van der Waals surface area (Å²) in [6.07, 6.45) is 2.14. The molecular weight excluding hydrogens is 152 g/mol. The van der Waals surface area contributed by atoms with E-state index >= 15 is 0 Å². The molecule has 0 saturated carbocycles. The van der Waals surface area contributed by atoms with Gasteiger partial charge in [0.1, 0.15) is 5.66 Å². The fourth-order valence-corrected chi connectivity index (χ4v) is 2.19. The van der Waals surface area contributed by atoms with Gasteiger partial charge in [-0.05, 0) is 33.8 Å². The van der Waals surface area contributed by atoms with Crippen LogP contribution in [-0.4, -0.2) is 22.9 Å². The van der Waals surface area contributed by atoms with Crippen LogP contribution in [0.25, 0.3) is 0 Å². The molecule has 2 heterocycles. The van der Waals surface area contributed by atoms with Gasteiger partial charge in [0, 0.05) is 0 Å². The summed E-state index contributed by atoms with van der Waals surface area (Å²) in [4.78, 5) is 5.51. The molecule has 12 heavy (non-hydrogen) atoms. The third-order valence-electron chi connectivity index (χ3n) is 2.47. The van der Waals surface area contributed by atoms with Gasteiger partial charge >= 0.3 is 0 Å². The molecule has 0 aromatic carbocycles. The van der Waals surface area contributed by atoms with Crippen molar-refractivity contribution < 1.29 is 4.84 Å². The van der Waals surface area contributed by atoms with Crippen molar-refractivity contribution in [3.63, 3.8) is 0 Å². The minimum Gasteiger partial charge on any atom is -0.283 e. The summed E-state index contributed by atoms with van der Waals surface area (Å²) in [5.74, 6) is 0. The molecule has 0 spiro atoms. The van der Waals surface area contributed by atoms with E-state index in [1.807, 2.05) is 5.06 Å². The first kappa shape index (κ1) is 8.08. The molecule has 1 saturated heterocycles. The molecule has 3 heteroatoms. The second-order valence-electron chi connectivity index (χ2n) is 4.49. The van der Waals surface area contributed by atoms with Gasteiger partial charge in [0.2, 0.25) is 0 Å². The number of hydroxylamine groups is 2. The molecule has 2 rings (SSSR count). The predicted molar refractivity (Wildman–Crippen MR) is 47.2 cm³/mol. The second-order valence-corrected chi connectivity index (χ2v) is 4.49. The Kier molecular flexibility index (Phi) is 1.37. The van der Waals surface area contributed by atoms with Crippen LogP contribution in [0.3, 0.4) is 0 Å². The molecule has 0 amide bonds. The summed E-state index contributed by atoms with van der Waals surface area (Å²) in [7, 11) is 0. The van der Waals surface area contributed by atoms with E-state index in [1.54, 1.807) is 0 Å². The molecule has 0 radical (unpaired) electrons. The Balaban J connectivity index is 2.39. The van der Waals surface area contributed by atoms with Gasteiger partial charge in [-0.25, -0.2) is 5.06 Å². The number of rotatable bonds is 0. The Bertz CT molecular complexity index is 243. The van der Waals surface area contributed by atoms with Gasteiger partial charge in [-0.3, -0.25) is 10.2 Å². The Morgan fingerprint density at radius 3 is 2.67 bits per heavy atom. The van der Waals surface area contributed by atoms with Gasteiger partial charge in [0.25, 0.3) is 0 Å². The molecule has 0 atom stereocenters. The highest BCUT2D eigenvalue weighted by atomic mass is 16.7. The van der Waals surface area contributed by atoms with E-state index in [2.05, 4.69) is 39.1 Å². The van der Waals surface area contributed by atoms with Crippen molar-refractivity contribution in [2.45, 2.75) is 38.9 Å². The zero-order valence-electron chi connectivity index (χ0n) is 8.14. The van der Waals surface area contributed by atoms with Crippen LogP contribution < -0.4 is 5.32 Å². The zero-order chi connectivity index (χ0) is 8.98. The molecule has 0 aromatic heterocycles. The van der Waals surface area contributed by atoms with Gasteiger partial charge < -0.3 is 0 Å². The van der Waals surface area contributed by atoms with Crippen molar-refractivity contribution in [1.82, 2.24) is 10.4 Å². The van der Waals surface area contributed by atoms with E-state index in [-0.39, 0.29) is 11.2 Å². The Morgan fingerprint density at radius 2 is 2.08 bits per heavy atom. The molecule has 68 valence electrons. The fraction of sp³-hybridized carbons (Fsp3) is 0.778. The molecule has 0 unspecified atom stereocenters. The average Bonchev–Trinajstić information content (AvgIpc) is 2.34. The first-order chi connectivity index (χ1) is 5.43. The average molecular weight is 168 g/mol. The van der Waals surface area contributed by atoms with Gasteiger partial charge in [0.05, 0.1) is 17.8 Å². The Morgan fingerprint density at radius 1 is 1.42 bits per heavy atom. The Labute approximate surface area is 73.3 Å². The maximum atomic E-state index is 5.51. The minimum atomic E-state index is -0.0775. The lowest BCUT2D eigenvalue weighted by atomic mass is 10.0.